The Morgan fingerprint density at radius 1 is 1.47 bits per heavy atom. The van der Waals surface area contributed by atoms with Crippen LogP contribution in [0.2, 0.25) is 0 Å². The highest BCUT2D eigenvalue weighted by molar-refractivity contribution is 9.10. The number of hydrogen-bond donors (Lipinski definition) is 1. The van der Waals surface area contributed by atoms with Crippen molar-refractivity contribution < 1.29 is 4.42 Å². The van der Waals surface area contributed by atoms with Gasteiger partial charge < -0.3 is 10.2 Å². The van der Waals surface area contributed by atoms with E-state index < -0.39 is 0 Å². The first kappa shape index (κ1) is 11.4. The summed E-state index contributed by atoms with van der Waals surface area (Å²) < 4.78 is 5.60. The zero-order valence-corrected chi connectivity index (χ0v) is 10.3. The van der Waals surface area contributed by atoms with Gasteiger partial charge in [0, 0.05) is 18.0 Å². The molecule has 0 aliphatic rings. The van der Waals surface area contributed by atoms with Crippen molar-refractivity contribution in [3.05, 3.63) is 52.7 Å². The third-order valence-corrected chi connectivity index (χ3v) is 2.85. The van der Waals surface area contributed by atoms with Crippen LogP contribution in [0.15, 0.2) is 45.9 Å². The van der Waals surface area contributed by atoms with E-state index >= 15 is 0 Å². The maximum atomic E-state index is 9.18. The first-order valence-corrected chi connectivity index (χ1v) is 5.57. The summed E-state index contributed by atoms with van der Waals surface area (Å²) in [4.78, 5) is 3.96. The SMILES string of the molecule is N#C/C(=C(/N)c1ccoc1Br)c1cccnc1. The number of pyridine rings is 1. The number of nitriles is 1. The minimum atomic E-state index is 0.362. The summed E-state index contributed by atoms with van der Waals surface area (Å²) in [5.41, 5.74) is 8.04. The molecular formula is C12H8BrN3O. The van der Waals surface area contributed by atoms with E-state index in [0.717, 1.165) is 0 Å². The summed E-state index contributed by atoms with van der Waals surface area (Å²) in [6.45, 7) is 0. The molecule has 0 radical (unpaired) electrons. The quantitative estimate of drug-likeness (QED) is 0.863. The minimum absolute atomic E-state index is 0.362. The first-order valence-electron chi connectivity index (χ1n) is 4.77. The van der Waals surface area contributed by atoms with Crippen molar-refractivity contribution in [1.29, 1.82) is 5.26 Å². The Kier molecular flexibility index (Phi) is 3.26. The maximum Gasteiger partial charge on any atom is 0.178 e. The Bertz CT molecular complexity index is 596. The van der Waals surface area contributed by atoms with E-state index in [1.54, 1.807) is 30.6 Å². The fraction of sp³-hybridized carbons (Fsp3) is 0. The molecule has 0 atom stereocenters. The molecule has 0 aromatic carbocycles. The van der Waals surface area contributed by atoms with Crippen LogP contribution in [0.5, 0.6) is 0 Å². The van der Waals surface area contributed by atoms with Crippen LogP contribution in [-0.2, 0) is 0 Å². The van der Waals surface area contributed by atoms with Crippen molar-refractivity contribution in [2.45, 2.75) is 0 Å². The molecule has 17 heavy (non-hydrogen) atoms. The van der Waals surface area contributed by atoms with Gasteiger partial charge >= 0.3 is 0 Å². The van der Waals surface area contributed by atoms with E-state index in [1.165, 1.54) is 6.26 Å². The fourth-order valence-electron chi connectivity index (χ4n) is 1.41. The van der Waals surface area contributed by atoms with Gasteiger partial charge in [0.1, 0.15) is 6.07 Å². The van der Waals surface area contributed by atoms with Gasteiger partial charge in [-0.15, -0.1) is 0 Å². The van der Waals surface area contributed by atoms with Gasteiger partial charge in [-0.25, -0.2) is 0 Å². The molecule has 2 heterocycles. The van der Waals surface area contributed by atoms with Crippen LogP contribution >= 0.6 is 15.9 Å². The highest BCUT2D eigenvalue weighted by atomic mass is 79.9. The number of aromatic nitrogens is 1. The van der Waals surface area contributed by atoms with Crippen molar-refractivity contribution in [1.82, 2.24) is 4.98 Å². The molecule has 0 fully saturated rings. The Morgan fingerprint density at radius 2 is 2.29 bits per heavy atom. The van der Waals surface area contributed by atoms with Gasteiger partial charge in [0.25, 0.3) is 0 Å². The molecule has 2 aromatic heterocycles. The van der Waals surface area contributed by atoms with Gasteiger partial charge in [-0.3, -0.25) is 4.98 Å². The van der Waals surface area contributed by atoms with Crippen LogP contribution < -0.4 is 5.73 Å². The number of furan rings is 1. The number of nitrogens with zero attached hydrogens (tertiary/aromatic N) is 2. The monoisotopic (exact) mass is 289 g/mol. The molecule has 5 heteroatoms. The number of hydrogen-bond acceptors (Lipinski definition) is 4. The van der Waals surface area contributed by atoms with Crippen molar-refractivity contribution in [3.63, 3.8) is 0 Å². The second kappa shape index (κ2) is 4.85. The van der Waals surface area contributed by atoms with Gasteiger partial charge in [0.2, 0.25) is 0 Å². The molecule has 2 N–H and O–H groups in total. The summed E-state index contributed by atoms with van der Waals surface area (Å²) >= 11 is 3.23. The molecule has 2 rings (SSSR count). The number of rotatable bonds is 2. The summed E-state index contributed by atoms with van der Waals surface area (Å²) in [6.07, 6.45) is 4.74. The summed E-state index contributed by atoms with van der Waals surface area (Å²) in [7, 11) is 0. The van der Waals surface area contributed by atoms with E-state index in [0.29, 0.717) is 27.1 Å². The summed E-state index contributed by atoms with van der Waals surface area (Å²) in [5.74, 6) is 0. The largest absolute Gasteiger partial charge is 0.457 e. The predicted molar refractivity (Wildman–Crippen MR) is 67.3 cm³/mol. The Hall–Kier alpha value is -2.06. The molecule has 0 bridgehead atoms. The lowest BCUT2D eigenvalue weighted by atomic mass is 10.0. The zero-order chi connectivity index (χ0) is 12.3. The Balaban J connectivity index is 2.57. The molecule has 0 amide bonds. The average molecular weight is 290 g/mol. The van der Waals surface area contributed by atoms with Crippen LogP contribution in [0.1, 0.15) is 11.1 Å². The van der Waals surface area contributed by atoms with Crippen molar-refractivity contribution in [3.8, 4) is 6.07 Å². The topological polar surface area (TPSA) is 75.8 Å². The highest BCUT2D eigenvalue weighted by Gasteiger charge is 2.12. The molecule has 0 unspecified atom stereocenters. The molecule has 2 aromatic rings. The fourth-order valence-corrected chi connectivity index (χ4v) is 1.87. The Labute approximate surface area is 107 Å². The lowest BCUT2D eigenvalue weighted by Gasteiger charge is -2.03. The van der Waals surface area contributed by atoms with E-state index in [1.807, 2.05) is 0 Å². The third-order valence-electron chi connectivity index (χ3n) is 2.24. The molecule has 0 aliphatic heterocycles. The number of allylic oxidation sites excluding steroid dienone is 1. The summed E-state index contributed by atoms with van der Waals surface area (Å²) in [5, 5.41) is 9.18. The van der Waals surface area contributed by atoms with Crippen molar-refractivity contribution in [2.75, 3.05) is 0 Å². The van der Waals surface area contributed by atoms with Gasteiger partial charge in [0.05, 0.1) is 23.1 Å². The average Bonchev–Trinajstić information content (AvgIpc) is 2.77. The second-order valence-electron chi connectivity index (χ2n) is 3.25. The molecule has 0 aliphatic carbocycles. The minimum Gasteiger partial charge on any atom is -0.457 e. The normalized spacial score (nSPS) is 11.8. The summed E-state index contributed by atoms with van der Waals surface area (Å²) in [6, 6.07) is 7.33. The molecular weight excluding hydrogens is 282 g/mol. The molecule has 0 saturated heterocycles. The lowest BCUT2D eigenvalue weighted by Crippen LogP contribution is -2.00. The van der Waals surface area contributed by atoms with E-state index in [9.17, 15) is 5.26 Å². The van der Waals surface area contributed by atoms with Crippen molar-refractivity contribution in [2.24, 2.45) is 5.73 Å². The second-order valence-corrected chi connectivity index (χ2v) is 3.97. The maximum absolute atomic E-state index is 9.18. The van der Waals surface area contributed by atoms with Gasteiger partial charge in [-0.1, -0.05) is 6.07 Å². The van der Waals surface area contributed by atoms with Gasteiger partial charge in [-0.2, -0.15) is 5.26 Å². The van der Waals surface area contributed by atoms with E-state index in [-0.39, 0.29) is 0 Å². The van der Waals surface area contributed by atoms with Crippen LogP contribution in [0, 0.1) is 11.3 Å². The number of halogens is 1. The van der Waals surface area contributed by atoms with Crippen LogP contribution in [0.4, 0.5) is 0 Å². The van der Waals surface area contributed by atoms with E-state index in [4.69, 9.17) is 10.2 Å². The molecule has 84 valence electrons. The zero-order valence-electron chi connectivity index (χ0n) is 8.72. The van der Waals surface area contributed by atoms with Crippen molar-refractivity contribution >= 4 is 27.2 Å². The highest BCUT2D eigenvalue weighted by Crippen LogP contribution is 2.27. The van der Waals surface area contributed by atoms with Gasteiger partial charge in [0.15, 0.2) is 4.67 Å². The smallest absolute Gasteiger partial charge is 0.178 e. The molecule has 4 nitrogen and oxygen atoms in total. The van der Waals surface area contributed by atoms with E-state index in [2.05, 4.69) is 27.0 Å². The molecule has 0 saturated carbocycles. The Morgan fingerprint density at radius 3 is 2.82 bits per heavy atom. The standard InChI is InChI=1S/C12H8BrN3O/c13-12-9(3-5-17-12)11(15)10(6-14)8-2-1-4-16-7-8/h1-5,7H,15H2/b11-10-. The third kappa shape index (κ3) is 2.22. The number of nitrogens with two attached hydrogens (primary N) is 1. The van der Waals surface area contributed by atoms with Crippen LogP contribution in [-0.4, -0.2) is 4.98 Å². The van der Waals surface area contributed by atoms with Gasteiger partial charge in [-0.05, 0) is 28.1 Å². The predicted octanol–water partition coefficient (Wildman–Crippen LogP) is 2.79. The first-order chi connectivity index (χ1) is 8.24. The lowest BCUT2D eigenvalue weighted by molar-refractivity contribution is 0.540. The molecule has 0 spiro atoms. The van der Waals surface area contributed by atoms with Crippen LogP contribution in [0.3, 0.4) is 0 Å². The van der Waals surface area contributed by atoms with Crippen LogP contribution in [0.25, 0.3) is 11.3 Å².